The van der Waals surface area contributed by atoms with Crippen LogP contribution in [0.2, 0.25) is 0 Å². The third-order valence-electron chi connectivity index (χ3n) is 4.77. The number of nitrogens with zero attached hydrogens (tertiary/aromatic N) is 1. The monoisotopic (exact) mass is 366 g/mol. The second kappa shape index (κ2) is 7.92. The van der Waals surface area contributed by atoms with Crippen molar-refractivity contribution >= 4 is 17.5 Å². The molecule has 0 saturated carbocycles. The van der Waals surface area contributed by atoms with Crippen LogP contribution in [0.1, 0.15) is 36.7 Å². The number of hydrogen-bond acceptors (Lipinski definition) is 3. The maximum Gasteiger partial charge on any atom is 0.254 e. The molecular weight excluding hydrogens is 340 g/mol. The van der Waals surface area contributed by atoms with Crippen molar-refractivity contribution in [3.05, 3.63) is 65.7 Å². The highest BCUT2D eigenvalue weighted by Crippen LogP contribution is 2.28. The second-order valence-corrected chi connectivity index (χ2v) is 7.60. The first-order chi connectivity index (χ1) is 12.9. The third kappa shape index (κ3) is 4.55. The Labute approximate surface area is 160 Å². The number of benzene rings is 2. The summed E-state index contributed by atoms with van der Waals surface area (Å²) in [6.07, 6.45) is 0.750. The number of nitrogens with one attached hydrogen (secondary N) is 1. The van der Waals surface area contributed by atoms with Crippen molar-refractivity contribution in [1.82, 2.24) is 4.90 Å². The summed E-state index contributed by atoms with van der Waals surface area (Å²) in [6.45, 7) is 6.56. The predicted molar refractivity (Wildman–Crippen MR) is 106 cm³/mol. The van der Waals surface area contributed by atoms with Crippen LogP contribution in [0.15, 0.2) is 54.6 Å². The van der Waals surface area contributed by atoms with E-state index in [1.54, 1.807) is 24.3 Å². The molecule has 5 nitrogen and oxygen atoms in total. The molecule has 1 aliphatic heterocycles. The van der Waals surface area contributed by atoms with Gasteiger partial charge in [-0.1, -0.05) is 30.3 Å². The van der Waals surface area contributed by atoms with Crippen LogP contribution in [0, 0.1) is 0 Å². The molecule has 1 saturated heterocycles. The van der Waals surface area contributed by atoms with Crippen LogP contribution < -0.4 is 5.32 Å². The number of carbonyl (C=O) groups is 2. The summed E-state index contributed by atoms with van der Waals surface area (Å²) >= 11 is 0. The molecule has 2 aromatic rings. The van der Waals surface area contributed by atoms with Crippen molar-refractivity contribution in [2.24, 2.45) is 0 Å². The van der Waals surface area contributed by atoms with Gasteiger partial charge >= 0.3 is 0 Å². The van der Waals surface area contributed by atoms with Gasteiger partial charge in [0.1, 0.15) is 0 Å². The second-order valence-electron chi connectivity index (χ2n) is 7.60. The van der Waals surface area contributed by atoms with E-state index in [-0.39, 0.29) is 17.9 Å². The fourth-order valence-electron chi connectivity index (χ4n) is 3.60. The van der Waals surface area contributed by atoms with E-state index in [1.807, 2.05) is 36.9 Å². The van der Waals surface area contributed by atoms with E-state index in [4.69, 9.17) is 4.74 Å². The zero-order chi connectivity index (χ0) is 19.4. The summed E-state index contributed by atoms with van der Waals surface area (Å²) in [5, 5.41) is 2.72. The van der Waals surface area contributed by atoms with Gasteiger partial charge in [-0.25, -0.2) is 0 Å². The number of morpholine rings is 1. The standard InChI is InChI=1S/C22H26N2O3/c1-16(25)23-19-11-9-18(10-12-19)21(26)24-20(14-27-15-22(24,2)3)13-17-7-5-4-6-8-17/h4-12,20H,13-15H2,1-3H3,(H,23,25). The SMILES string of the molecule is CC(=O)Nc1ccc(C(=O)N2C(Cc3ccccc3)COCC2(C)C)cc1. The van der Waals surface area contributed by atoms with Crippen LogP contribution in [-0.2, 0) is 16.0 Å². The fourth-order valence-corrected chi connectivity index (χ4v) is 3.60. The molecule has 27 heavy (non-hydrogen) atoms. The number of anilines is 1. The molecule has 142 valence electrons. The van der Waals surface area contributed by atoms with Crippen LogP contribution in [-0.4, -0.2) is 41.5 Å². The maximum atomic E-state index is 13.3. The Morgan fingerprint density at radius 1 is 1.11 bits per heavy atom. The highest BCUT2D eigenvalue weighted by molar-refractivity contribution is 5.96. The third-order valence-corrected chi connectivity index (χ3v) is 4.77. The Morgan fingerprint density at radius 3 is 2.41 bits per heavy atom. The lowest BCUT2D eigenvalue weighted by molar-refractivity contribution is -0.114. The molecule has 5 heteroatoms. The van der Waals surface area contributed by atoms with Gasteiger partial charge < -0.3 is 15.0 Å². The summed E-state index contributed by atoms with van der Waals surface area (Å²) in [7, 11) is 0. The van der Waals surface area contributed by atoms with Gasteiger partial charge in [0.2, 0.25) is 5.91 Å². The van der Waals surface area contributed by atoms with Crippen molar-refractivity contribution in [3.8, 4) is 0 Å². The van der Waals surface area contributed by atoms with E-state index in [0.29, 0.717) is 24.5 Å². The lowest BCUT2D eigenvalue weighted by atomic mass is 9.94. The molecule has 3 rings (SSSR count). The van der Waals surface area contributed by atoms with Crippen molar-refractivity contribution in [1.29, 1.82) is 0 Å². The van der Waals surface area contributed by atoms with Crippen molar-refractivity contribution < 1.29 is 14.3 Å². The molecule has 1 heterocycles. The number of carbonyl (C=O) groups excluding carboxylic acids is 2. The number of ether oxygens (including phenoxy) is 1. The van der Waals surface area contributed by atoms with Crippen molar-refractivity contribution in [2.75, 3.05) is 18.5 Å². The lowest BCUT2D eigenvalue weighted by Gasteiger charge is -2.47. The lowest BCUT2D eigenvalue weighted by Crippen LogP contribution is -2.61. The van der Waals surface area contributed by atoms with E-state index < -0.39 is 5.54 Å². The molecule has 2 amide bonds. The zero-order valence-electron chi connectivity index (χ0n) is 16.1. The van der Waals surface area contributed by atoms with Crippen molar-refractivity contribution in [3.63, 3.8) is 0 Å². The van der Waals surface area contributed by atoms with Crippen LogP contribution in [0.5, 0.6) is 0 Å². The molecule has 0 spiro atoms. The van der Waals surface area contributed by atoms with E-state index in [1.165, 1.54) is 12.5 Å². The molecule has 2 aromatic carbocycles. The average Bonchev–Trinajstić information content (AvgIpc) is 2.62. The normalized spacial score (nSPS) is 18.8. The summed E-state index contributed by atoms with van der Waals surface area (Å²) in [5.74, 6) is -0.148. The minimum atomic E-state index is -0.398. The first kappa shape index (κ1) is 19.1. The molecule has 1 unspecified atom stereocenters. The Morgan fingerprint density at radius 2 is 1.78 bits per heavy atom. The fraction of sp³-hybridized carbons (Fsp3) is 0.364. The minimum Gasteiger partial charge on any atom is -0.377 e. The smallest absolute Gasteiger partial charge is 0.254 e. The van der Waals surface area contributed by atoms with Crippen molar-refractivity contribution in [2.45, 2.75) is 38.8 Å². The van der Waals surface area contributed by atoms with Crippen LogP contribution in [0.4, 0.5) is 5.69 Å². The number of amides is 2. The molecule has 1 N–H and O–H groups in total. The van der Waals surface area contributed by atoms with E-state index in [2.05, 4.69) is 17.4 Å². The summed E-state index contributed by atoms with van der Waals surface area (Å²) in [4.78, 5) is 26.5. The van der Waals surface area contributed by atoms with Gasteiger partial charge in [-0.05, 0) is 50.1 Å². The van der Waals surface area contributed by atoms with Gasteiger partial charge in [0, 0.05) is 18.2 Å². The van der Waals surface area contributed by atoms with Gasteiger partial charge in [0.25, 0.3) is 5.91 Å². The van der Waals surface area contributed by atoms with Gasteiger partial charge in [-0.15, -0.1) is 0 Å². The predicted octanol–water partition coefficient (Wildman–Crippen LogP) is 3.51. The largest absolute Gasteiger partial charge is 0.377 e. The molecule has 0 aromatic heterocycles. The Hall–Kier alpha value is -2.66. The quantitative estimate of drug-likeness (QED) is 0.901. The van der Waals surface area contributed by atoms with Crippen LogP contribution >= 0.6 is 0 Å². The topological polar surface area (TPSA) is 58.6 Å². The maximum absolute atomic E-state index is 13.3. The Kier molecular flexibility index (Phi) is 5.61. The molecule has 1 atom stereocenters. The summed E-state index contributed by atoms with van der Waals surface area (Å²) in [6, 6.07) is 17.2. The summed E-state index contributed by atoms with van der Waals surface area (Å²) in [5.41, 5.74) is 2.08. The van der Waals surface area contributed by atoms with E-state index in [0.717, 1.165) is 6.42 Å². The van der Waals surface area contributed by atoms with E-state index >= 15 is 0 Å². The molecule has 0 bridgehead atoms. The highest BCUT2D eigenvalue weighted by atomic mass is 16.5. The van der Waals surface area contributed by atoms with Gasteiger partial charge in [-0.3, -0.25) is 9.59 Å². The molecule has 1 fully saturated rings. The Bertz CT molecular complexity index is 800. The number of hydrogen-bond donors (Lipinski definition) is 1. The average molecular weight is 366 g/mol. The van der Waals surface area contributed by atoms with E-state index in [9.17, 15) is 9.59 Å². The van der Waals surface area contributed by atoms with Gasteiger partial charge in [0.05, 0.1) is 24.8 Å². The highest BCUT2D eigenvalue weighted by Gasteiger charge is 2.40. The number of rotatable bonds is 4. The van der Waals surface area contributed by atoms with Crippen LogP contribution in [0.3, 0.4) is 0 Å². The molecular formula is C22H26N2O3. The molecule has 0 radical (unpaired) electrons. The molecule has 0 aliphatic carbocycles. The first-order valence-corrected chi connectivity index (χ1v) is 9.20. The first-order valence-electron chi connectivity index (χ1n) is 9.20. The summed E-state index contributed by atoms with van der Waals surface area (Å²) < 4.78 is 5.81. The zero-order valence-corrected chi connectivity index (χ0v) is 16.1. The Balaban J connectivity index is 1.84. The van der Waals surface area contributed by atoms with Crippen LogP contribution in [0.25, 0.3) is 0 Å². The molecule has 1 aliphatic rings. The minimum absolute atomic E-state index is 0.0152. The van der Waals surface area contributed by atoms with Gasteiger partial charge in [0.15, 0.2) is 0 Å². The van der Waals surface area contributed by atoms with Gasteiger partial charge in [-0.2, -0.15) is 0 Å².